The fourth-order valence-electron chi connectivity index (χ4n) is 3.05. The van der Waals surface area contributed by atoms with Crippen LogP contribution in [-0.2, 0) is 6.42 Å². The van der Waals surface area contributed by atoms with Gasteiger partial charge in [0, 0.05) is 44.5 Å². The van der Waals surface area contributed by atoms with Crippen LogP contribution in [0.25, 0.3) is 6.08 Å². The minimum absolute atomic E-state index is 0.857. The topological polar surface area (TPSA) is 32.3 Å². The molecule has 1 aromatic carbocycles. The average Bonchev–Trinajstić information content (AvgIpc) is 2.63. The number of piperazine rings is 1. The van der Waals surface area contributed by atoms with E-state index in [1.165, 1.54) is 11.1 Å². The SMILES string of the molecule is CCc1cnc(C)nc1N1CCN(C/C=C/c2ccccc2)CC1. The van der Waals surface area contributed by atoms with Crippen LogP contribution in [-0.4, -0.2) is 47.6 Å². The largest absolute Gasteiger partial charge is 0.354 e. The first-order chi connectivity index (χ1) is 11.8. The van der Waals surface area contributed by atoms with Gasteiger partial charge in [0.1, 0.15) is 11.6 Å². The first-order valence-corrected chi connectivity index (χ1v) is 8.77. The standard InChI is InChI=1S/C20H26N4/c1-3-19-16-21-17(2)22-20(19)24-14-12-23(13-15-24)11-7-10-18-8-5-4-6-9-18/h4-10,16H,3,11-15H2,1-2H3/b10-7+. The maximum absolute atomic E-state index is 4.68. The third-order valence-electron chi connectivity index (χ3n) is 4.49. The van der Waals surface area contributed by atoms with E-state index in [0.717, 1.165) is 50.8 Å². The average molecular weight is 322 g/mol. The van der Waals surface area contributed by atoms with E-state index in [1.54, 1.807) is 0 Å². The molecule has 0 saturated carbocycles. The van der Waals surface area contributed by atoms with Gasteiger partial charge in [-0.2, -0.15) is 0 Å². The lowest BCUT2D eigenvalue weighted by Gasteiger charge is -2.35. The first kappa shape index (κ1) is 16.7. The van der Waals surface area contributed by atoms with Crippen molar-refractivity contribution in [3.05, 3.63) is 59.6 Å². The Bertz CT molecular complexity index is 673. The summed E-state index contributed by atoms with van der Waals surface area (Å²) in [6.07, 6.45) is 7.43. The second kappa shape index (κ2) is 8.06. The van der Waals surface area contributed by atoms with Crippen LogP contribution in [0.4, 0.5) is 5.82 Å². The molecular weight excluding hydrogens is 296 g/mol. The molecule has 0 aliphatic carbocycles. The molecule has 2 heterocycles. The number of benzene rings is 1. The maximum atomic E-state index is 4.68. The Morgan fingerprint density at radius 3 is 2.54 bits per heavy atom. The van der Waals surface area contributed by atoms with Crippen LogP contribution in [0, 0.1) is 6.92 Å². The lowest BCUT2D eigenvalue weighted by atomic mass is 10.2. The minimum Gasteiger partial charge on any atom is -0.354 e. The van der Waals surface area contributed by atoms with Gasteiger partial charge in [-0.25, -0.2) is 9.97 Å². The molecule has 0 radical (unpaired) electrons. The van der Waals surface area contributed by atoms with Crippen molar-refractivity contribution in [3.63, 3.8) is 0 Å². The molecule has 1 aliphatic heterocycles. The van der Waals surface area contributed by atoms with E-state index >= 15 is 0 Å². The van der Waals surface area contributed by atoms with E-state index in [2.05, 4.69) is 69.2 Å². The highest BCUT2D eigenvalue weighted by Crippen LogP contribution is 2.19. The van der Waals surface area contributed by atoms with Gasteiger partial charge in [-0.3, -0.25) is 4.90 Å². The Balaban J connectivity index is 1.54. The molecule has 0 spiro atoms. The summed E-state index contributed by atoms with van der Waals surface area (Å²) < 4.78 is 0. The zero-order valence-corrected chi connectivity index (χ0v) is 14.7. The highest BCUT2D eigenvalue weighted by molar-refractivity contribution is 5.49. The molecule has 24 heavy (non-hydrogen) atoms. The van der Waals surface area contributed by atoms with Crippen molar-refractivity contribution in [1.82, 2.24) is 14.9 Å². The van der Waals surface area contributed by atoms with Gasteiger partial charge in [0.25, 0.3) is 0 Å². The predicted octanol–water partition coefficient (Wildman–Crippen LogP) is 3.18. The molecule has 1 aromatic heterocycles. The molecule has 0 bridgehead atoms. The molecule has 4 nitrogen and oxygen atoms in total. The monoisotopic (exact) mass is 322 g/mol. The van der Waals surface area contributed by atoms with E-state index in [0.29, 0.717) is 0 Å². The minimum atomic E-state index is 0.857. The highest BCUT2D eigenvalue weighted by Gasteiger charge is 2.19. The predicted molar refractivity (Wildman–Crippen MR) is 100 cm³/mol. The second-order valence-corrected chi connectivity index (χ2v) is 6.22. The quantitative estimate of drug-likeness (QED) is 0.846. The van der Waals surface area contributed by atoms with Crippen LogP contribution < -0.4 is 4.90 Å². The number of nitrogens with zero attached hydrogens (tertiary/aromatic N) is 4. The van der Waals surface area contributed by atoms with Crippen LogP contribution in [0.3, 0.4) is 0 Å². The molecule has 1 fully saturated rings. The number of rotatable bonds is 5. The maximum Gasteiger partial charge on any atom is 0.135 e. The van der Waals surface area contributed by atoms with Crippen LogP contribution in [0.1, 0.15) is 23.9 Å². The van der Waals surface area contributed by atoms with Gasteiger partial charge in [0.2, 0.25) is 0 Å². The summed E-state index contributed by atoms with van der Waals surface area (Å²) in [7, 11) is 0. The van der Waals surface area contributed by atoms with E-state index in [-0.39, 0.29) is 0 Å². The van der Waals surface area contributed by atoms with Crippen molar-refractivity contribution in [2.24, 2.45) is 0 Å². The number of aromatic nitrogens is 2. The zero-order chi connectivity index (χ0) is 16.8. The Hall–Kier alpha value is -2.20. The Morgan fingerprint density at radius 2 is 1.83 bits per heavy atom. The lowest BCUT2D eigenvalue weighted by Crippen LogP contribution is -2.47. The summed E-state index contributed by atoms with van der Waals surface area (Å²) in [4.78, 5) is 13.9. The normalized spacial score (nSPS) is 16.0. The number of hydrogen-bond donors (Lipinski definition) is 0. The van der Waals surface area contributed by atoms with Gasteiger partial charge in [-0.1, -0.05) is 49.4 Å². The fourth-order valence-corrected chi connectivity index (χ4v) is 3.05. The van der Waals surface area contributed by atoms with Crippen molar-refractivity contribution in [2.75, 3.05) is 37.6 Å². The smallest absolute Gasteiger partial charge is 0.135 e. The molecule has 3 rings (SSSR count). The van der Waals surface area contributed by atoms with E-state index in [4.69, 9.17) is 0 Å². The molecule has 1 saturated heterocycles. The summed E-state index contributed by atoms with van der Waals surface area (Å²) >= 11 is 0. The van der Waals surface area contributed by atoms with E-state index < -0.39 is 0 Å². The summed E-state index contributed by atoms with van der Waals surface area (Å²) in [6.45, 7) is 9.35. The van der Waals surface area contributed by atoms with Crippen molar-refractivity contribution in [2.45, 2.75) is 20.3 Å². The van der Waals surface area contributed by atoms with E-state index in [1.807, 2.05) is 13.1 Å². The van der Waals surface area contributed by atoms with Crippen LogP contribution in [0.15, 0.2) is 42.6 Å². The Kier molecular flexibility index (Phi) is 5.59. The molecule has 0 atom stereocenters. The van der Waals surface area contributed by atoms with Crippen LogP contribution in [0.5, 0.6) is 0 Å². The summed E-state index contributed by atoms with van der Waals surface area (Å²) in [6, 6.07) is 10.5. The van der Waals surface area contributed by atoms with E-state index in [9.17, 15) is 0 Å². The van der Waals surface area contributed by atoms with Gasteiger partial charge in [-0.15, -0.1) is 0 Å². The lowest BCUT2D eigenvalue weighted by molar-refractivity contribution is 0.283. The molecule has 0 unspecified atom stereocenters. The van der Waals surface area contributed by atoms with Gasteiger partial charge in [0.05, 0.1) is 0 Å². The summed E-state index contributed by atoms with van der Waals surface area (Å²) in [5, 5.41) is 0. The Labute approximate surface area is 144 Å². The Morgan fingerprint density at radius 1 is 1.08 bits per heavy atom. The second-order valence-electron chi connectivity index (χ2n) is 6.22. The van der Waals surface area contributed by atoms with Crippen molar-refractivity contribution in [3.8, 4) is 0 Å². The molecule has 0 amide bonds. The van der Waals surface area contributed by atoms with Crippen molar-refractivity contribution >= 4 is 11.9 Å². The molecule has 2 aromatic rings. The molecular formula is C20H26N4. The molecule has 4 heteroatoms. The molecule has 1 aliphatic rings. The third kappa shape index (κ3) is 4.20. The third-order valence-corrected chi connectivity index (χ3v) is 4.49. The van der Waals surface area contributed by atoms with Crippen LogP contribution >= 0.6 is 0 Å². The van der Waals surface area contributed by atoms with Crippen molar-refractivity contribution < 1.29 is 0 Å². The van der Waals surface area contributed by atoms with Gasteiger partial charge < -0.3 is 4.90 Å². The number of aryl methyl sites for hydroxylation is 2. The van der Waals surface area contributed by atoms with Crippen LogP contribution in [0.2, 0.25) is 0 Å². The summed E-state index contributed by atoms with van der Waals surface area (Å²) in [5.41, 5.74) is 2.51. The molecule has 0 N–H and O–H groups in total. The van der Waals surface area contributed by atoms with Gasteiger partial charge in [-0.05, 0) is 18.9 Å². The van der Waals surface area contributed by atoms with Gasteiger partial charge in [0.15, 0.2) is 0 Å². The summed E-state index contributed by atoms with van der Waals surface area (Å²) in [5.74, 6) is 1.99. The first-order valence-electron chi connectivity index (χ1n) is 8.77. The fraction of sp³-hybridized carbons (Fsp3) is 0.400. The van der Waals surface area contributed by atoms with Gasteiger partial charge >= 0.3 is 0 Å². The highest BCUT2D eigenvalue weighted by atomic mass is 15.3. The number of hydrogen-bond acceptors (Lipinski definition) is 4. The molecule has 126 valence electrons. The zero-order valence-electron chi connectivity index (χ0n) is 14.7. The number of anilines is 1. The van der Waals surface area contributed by atoms with Crippen molar-refractivity contribution in [1.29, 1.82) is 0 Å².